The van der Waals surface area contributed by atoms with Crippen molar-refractivity contribution in [2.24, 2.45) is 0 Å². The van der Waals surface area contributed by atoms with E-state index in [-0.39, 0.29) is 11.9 Å². The van der Waals surface area contributed by atoms with Gasteiger partial charge in [0, 0.05) is 28.7 Å². The highest BCUT2D eigenvalue weighted by Gasteiger charge is 2.18. The minimum absolute atomic E-state index is 0.141. The number of hydrogen-bond donors (Lipinski definition) is 2. The molecule has 1 heterocycles. The molecule has 0 spiro atoms. The van der Waals surface area contributed by atoms with Gasteiger partial charge < -0.3 is 10.6 Å². The fourth-order valence-corrected chi connectivity index (χ4v) is 3.46. The van der Waals surface area contributed by atoms with Crippen LogP contribution in [0.25, 0.3) is 0 Å². The molecule has 1 fully saturated rings. The Bertz CT molecular complexity index is 748. The van der Waals surface area contributed by atoms with E-state index in [0.29, 0.717) is 28.1 Å². The zero-order valence-electron chi connectivity index (χ0n) is 13.8. The molecule has 1 aliphatic carbocycles. The van der Waals surface area contributed by atoms with Crippen LogP contribution >= 0.6 is 23.2 Å². The molecule has 0 unspecified atom stereocenters. The highest BCUT2D eigenvalue weighted by molar-refractivity contribution is 6.35. The molecular formula is C18H20Cl2N4O. The van der Waals surface area contributed by atoms with E-state index in [1.807, 2.05) is 12.1 Å². The molecule has 2 aromatic rings. The molecule has 0 bridgehead atoms. The van der Waals surface area contributed by atoms with E-state index in [1.165, 1.54) is 19.2 Å². The molecular weight excluding hydrogens is 359 g/mol. The van der Waals surface area contributed by atoms with Crippen LogP contribution in [0.2, 0.25) is 10.0 Å². The third kappa shape index (κ3) is 5.06. The average molecular weight is 379 g/mol. The van der Waals surface area contributed by atoms with E-state index in [0.717, 1.165) is 24.8 Å². The van der Waals surface area contributed by atoms with Gasteiger partial charge in [-0.05, 0) is 37.0 Å². The van der Waals surface area contributed by atoms with Gasteiger partial charge in [-0.3, -0.25) is 4.79 Å². The Hall–Kier alpha value is -1.85. The summed E-state index contributed by atoms with van der Waals surface area (Å²) in [6.07, 6.45) is 6.57. The molecule has 1 amide bonds. The number of amides is 1. The number of carbonyl (C=O) groups excluding carboxylic acids is 1. The van der Waals surface area contributed by atoms with E-state index >= 15 is 0 Å². The first-order valence-corrected chi connectivity index (χ1v) is 9.18. The zero-order chi connectivity index (χ0) is 17.6. The van der Waals surface area contributed by atoms with Gasteiger partial charge in [-0.15, -0.1) is 0 Å². The molecule has 0 saturated heterocycles. The maximum atomic E-state index is 12.3. The third-order valence-corrected chi connectivity index (χ3v) is 4.89. The number of rotatable bonds is 6. The summed E-state index contributed by atoms with van der Waals surface area (Å²) in [6.45, 7) is 0.641. The van der Waals surface area contributed by atoms with Gasteiger partial charge in [-0.1, -0.05) is 42.1 Å². The second-order valence-electron chi connectivity index (χ2n) is 6.16. The predicted octanol–water partition coefficient (Wildman–Crippen LogP) is 4.11. The van der Waals surface area contributed by atoms with Crippen LogP contribution in [0.15, 0.2) is 30.6 Å². The Morgan fingerprint density at radius 1 is 1.16 bits per heavy atom. The summed E-state index contributed by atoms with van der Waals surface area (Å²) in [5, 5.41) is 7.50. The molecule has 132 valence electrons. The Balaban J connectivity index is 1.55. The van der Waals surface area contributed by atoms with E-state index in [2.05, 4.69) is 20.6 Å². The van der Waals surface area contributed by atoms with Crippen LogP contribution in [0.5, 0.6) is 0 Å². The number of benzene rings is 1. The summed E-state index contributed by atoms with van der Waals surface area (Å²) in [7, 11) is 0. The average Bonchev–Trinajstić information content (AvgIpc) is 3.10. The van der Waals surface area contributed by atoms with Gasteiger partial charge in [0.25, 0.3) is 5.91 Å². The molecule has 0 atom stereocenters. The minimum Gasteiger partial charge on any atom is -0.370 e. The summed E-state index contributed by atoms with van der Waals surface area (Å²) in [6, 6.07) is 7.40. The highest BCUT2D eigenvalue weighted by Crippen LogP contribution is 2.21. The van der Waals surface area contributed by atoms with Gasteiger partial charge in [0.2, 0.25) is 0 Å². The van der Waals surface area contributed by atoms with Crippen molar-refractivity contribution >= 4 is 34.9 Å². The standard InChI is InChI=1S/C18H20Cl2N4O/c19-13-6-5-12(15(20)9-13)7-8-21-17-10-16(22-11-23-17)18(25)24-14-3-1-2-4-14/h5-6,9-11,14H,1-4,7-8H2,(H,24,25)(H,21,22,23). The molecule has 1 aliphatic rings. The van der Waals surface area contributed by atoms with E-state index in [4.69, 9.17) is 23.2 Å². The number of nitrogens with one attached hydrogen (secondary N) is 2. The van der Waals surface area contributed by atoms with Crippen LogP contribution in [-0.4, -0.2) is 28.5 Å². The quantitative estimate of drug-likeness (QED) is 0.793. The second kappa shape index (κ2) is 8.50. The maximum absolute atomic E-state index is 12.3. The van der Waals surface area contributed by atoms with Gasteiger partial charge in [0.05, 0.1) is 0 Å². The van der Waals surface area contributed by atoms with Crippen LogP contribution < -0.4 is 10.6 Å². The van der Waals surface area contributed by atoms with E-state index in [9.17, 15) is 4.79 Å². The third-order valence-electron chi connectivity index (χ3n) is 4.31. The predicted molar refractivity (Wildman–Crippen MR) is 100 cm³/mol. The number of anilines is 1. The van der Waals surface area contributed by atoms with Crippen molar-refractivity contribution in [3.05, 3.63) is 51.9 Å². The summed E-state index contributed by atoms with van der Waals surface area (Å²) in [4.78, 5) is 20.5. The molecule has 1 saturated carbocycles. The Morgan fingerprint density at radius 2 is 1.96 bits per heavy atom. The van der Waals surface area contributed by atoms with Crippen molar-refractivity contribution in [2.45, 2.75) is 38.1 Å². The van der Waals surface area contributed by atoms with Gasteiger partial charge in [0.15, 0.2) is 0 Å². The summed E-state index contributed by atoms with van der Waals surface area (Å²) < 4.78 is 0. The number of carbonyl (C=O) groups is 1. The molecule has 3 rings (SSSR count). The van der Waals surface area contributed by atoms with Crippen molar-refractivity contribution in [3.63, 3.8) is 0 Å². The van der Waals surface area contributed by atoms with Gasteiger partial charge in [0.1, 0.15) is 17.8 Å². The number of halogens is 2. The summed E-state index contributed by atoms with van der Waals surface area (Å²) in [5.41, 5.74) is 1.39. The SMILES string of the molecule is O=C(NC1CCCC1)c1cc(NCCc2ccc(Cl)cc2Cl)ncn1. The van der Waals surface area contributed by atoms with Crippen molar-refractivity contribution in [3.8, 4) is 0 Å². The highest BCUT2D eigenvalue weighted by atomic mass is 35.5. The lowest BCUT2D eigenvalue weighted by atomic mass is 10.1. The van der Waals surface area contributed by atoms with Crippen LogP contribution in [0.4, 0.5) is 5.82 Å². The topological polar surface area (TPSA) is 66.9 Å². The summed E-state index contributed by atoms with van der Waals surface area (Å²) in [5.74, 6) is 0.481. The molecule has 5 nitrogen and oxygen atoms in total. The van der Waals surface area contributed by atoms with Crippen LogP contribution in [0.1, 0.15) is 41.7 Å². The number of aromatic nitrogens is 2. The number of hydrogen-bond acceptors (Lipinski definition) is 4. The summed E-state index contributed by atoms with van der Waals surface area (Å²) >= 11 is 12.1. The Morgan fingerprint density at radius 3 is 2.72 bits per heavy atom. The normalized spacial score (nSPS) is 14.5. The van der Waals surface area contributed by atoms with E-state index in [1.54, 1.807) is 12.1 Å². The first-order valence-electron chi connectivity index (χ1n) is 8.42. The van der Waals surface area contributed by atoms with Crippen molar-refractivity contribution in [1.29, 1.82) is 0 Å². The zero-order valence-corrected chi connectivity index (χ0v) is 15.3. The minimum atomic E-state index is -0.141. The lowest BCUT2D eigenvalue weighted by Gasteiger charge is -2.12. The monoisotopic (exact) mass is 378 g/mol. The fourth-order valence-electron chi connectivity index (χ4n) is 2.96. The smallest absolute Gasteiger partial charge is 0.270 e. The van der Waals surface area contributed by atoms with Crippen LogP contribution in [0, 0.1) is 0 Å². The van der Waals surface area contributed by atoms with Crippen molar-refractivity contribution in [1.82, 2.24) is 15.3 Å². The molecule has 2 N–H and O–H groups in total. The van der Waals surface area contributed by atoms with Gasteiger partial charge >= 0.3 is 0 Å². The largest absolute Gasteiger partial charge is 0.370 e. The fraction of sp³-hybridized carbons (Fsp3) is 0.389. The maximum Gasteiger partial charge on any atom is 0.270 e. The first kappa shape index (κ1) is 18.0. The molecule has 25 heavy (non-hydrogen) atoms. The molecule has 1 aromatic heterocycles. The van der Waals surface area contributed by atoms with Crippen molar-refractivity contribution in [2.75, 3.05) is 11.9 Å². The van der Waals surface area contributed by atoms with Crippen LogP contribution in [0.3, 0.4) is 0 Å². The molecule has 0 aliphatic heterocycles. The lowest BCUT2D eigenvalue weighted by Crippen LogP contribution is -2.33. The van der Waals surface area contributed by atoms with Gasteiger partial charge in [-0.25, -0.2) is 9.97 Å². The number of nitrogens with zero attached hydrogens (tertiary/aromatic N) is 2. The van der Waals surface area contributed by atoms with Crippen LogP contribution in [-0.2, 0) is 6.42 Å². The second-order valence-corrected chi connectivity index (χ2v) is 7.00. The molecule has 1 aromatic carbocycles. The Kier molecular flexibility index (Phi) is 6.10. The van der Waals surface area contributed by atoms with E-state index < -0.39 is 0 Å². The first-order chi connectivity index (χ1) is 12.1. The molecule has 0 radical (unpaired) electrons. The Labute approximate surface area is 157 Å². The van der Waals surface area contributed by atoms with Crippen molar-refractivity contribution < 1.29 is 4.79 Å². The van der Waals surface area contributed by atoms with Gasteiger partial charge in [-0.2, -0.15) is 0 Å². The lowest BCUT2D eigenvalue weighted by molar-refractivity contribution is 0.0932. The molecule has 7 heteroatoms.